The summed E-state index contributed by atoms with van der Waals surface area (Å²) in [5, 5.41) is 18.5. The molecule has 5 nitrogen and oxygen atoms in total. The normalized spacial score (nSPS) is 14.2. The Morgan fingerprint density at radius 1 is 0.550 bits per heavy atom. The van der Waals surface area contributed by atoms with Crippen molar-refractivity contribution in [2.24, 2.45) is 0 Å². The molecule has 0 fully saturated rings. The number of rotatable bonds is 4. The van der Waals surface area contributed by atoms with Crippen molar-refractivity contribution in [2.75, 3.05) is 0 Å². The maximum absolute atomic E-state index is 8.61. The van der Waals surface area contributed by atoms with Crippen LogP contribution < -0.4 is 0 Å². The van der Waals surface area contributed by atoms with Crippen LogP contribution in [0.1, 0.15) is 18.0 Å². The topological polar surface area (TPSA) is 86.4 Å². The number of nitrogens with one attached hydrogen (secondary N) is 2. The van der Waals surface area contributed by atoms with Crippen LogP contribution in [0.4, 0.5) is 0 Å². The number of aromatic nitrogens is 3. The second-order valence-corrected chi connectivity index (χ2v) is 9.34. The highest BCUT2D eigenvalue weighted by atomic mass is 15.0. The van der Waals surface area contributed by atoms with Gasteiger partial charge < -0.3 is 0 Å². The van der Waals surface area contributed by atoms with Crippen LogP contribution in [0.3, 0.4) is 0 Å². The van der Waals surface area contributed by atoms with Gasteiger partial charge in [-0.1, -0.05) is 109 Å². The molecule has 1 aromatic heterocycles. The van der Waals surface area contributed by atoms with E-state index in [1.54, 1.807) is 6.08 Å². The van der Waals surface area contributed by atoms with Gasteiger partial charge in [0.1, 0.15) is 0 Å². The van der Waals surface area contributed by atoms with Crippen molar-refractivity contribution in [1.29, 1.82) is 10.8 Å². The quantitative estimate of drug-likeness (QED) is 0.247. The van der Waals surface area contributed by atoms with Gasteiger partial charge in [-0.25, -0.2) is 15.0 Å². The summed E-state index contributed by atoms with van der Waals surface area (Å²) in [4.78, 5) is 14.2. The summed E-state index contributed by atoms with van der Waals surface area (Å²) in [5.74, 6) is 0.455. The summed E-state index contributed by atoms with van der Waals surface area (Å²) in [6, 6.07) is 24.7. The zero-order valence-electron chi connectivity index (χ0n) is 26.1. The predicted molar refractivity (Wildman–Crippen MR) is 163 cm³/mol. The van der Waals surface area contributed by atoms with E-state index in [1.165, 1.54) is 0 Å². The molecule has 40 heavy (non-hydrogen) atoms. The summed E-state index contributed by atoms with van der Waals surface area (Å²) in [6.45, 7) is 0. The SMILES string of the molecule is [2H]c1c([2H])c([2H])c(-c2nc(-c3cccc(-c4ccccc4)c3)nc(-c3ccc4ccc5c(c4c3)C(=N)C(=N)C=C5)n2)c([2H])c1[2H]. The highest BCUT2D eigenvalue weighted by Crippen LogP contribution is 2.32. The molecule has 6 aromatic rings. The molecule has 0 radical (unpaired) electrons. The largest absolute Gasteiger partial charge is 0.299 e. The first kappa shape index (κ1) is 18.7. The number of fused-ring (bicyclic) bond motifs is 3. The summed E-state index contributed by atoms with van der Waals surface area (Å²) >= 11 is 0. The van der Waals surface area contributed by atoms with Gasteiger partial charge in [-0.2, -0.15) is 0 Å². The van der Waals surface area contributed by atoms with E-state index in [1.807, 2.05) is 91.0 Å². The number of benzene rings is 5. The van der Waals surface area contributed by atoms with Crippen molar-refractivity contribution in [1.82, 2.24) is 15.0 Å². The minimum Gasteiger partial charge on any atom is -0.299 e. The van der Waals surface area contributed by atoms with Crippen molar-refractivity contribution in [3.05, 3.63) is 132 Å². The lowest BCUT2D eigenvalue weighted by Gasteiger charge is -2.16. The molecule has 7 rings (SSSR count). The van der Waals surface area contributed by atoms with Crippen molar-refractivity contribution in [2.45, 2.75) is 0 Å². The number of hydrogen-bond donors (Lipinski definition) is 2. The van der Waals surface area contributed by atoms with Crippen LogP contribution in [0.15, 0.2) is 121 Å². The van der Waals surface area contributed by atoms with Crippen LogP contribution in [0.5, 0.6) is 0 Å². The van der Waals surface area contributed by atoms with Gasteiger partial charge >= 0.3 is 0 Å². The van der Waals surface area contributed by atoms with Gasteiger partial charge in [-0.05, 0) is 45.7 Å². The number of allylic oxidation sites excluding steroid dienone is 1. The second-order valence-electron chi connectivity index (χ2n) is 9.34. The Labute approximate surface area is 238 Å². The Morgan fingerprint density at radius 3 is 1.98 bits per heavy atom. The average molecular weight is 519 g/mol. The van der Waals surface area contributed by atoms with Crippen LogP contribution in [0.2, 0.25) is 0 Å². The molecule has 0 amide bonds. The molecule has 0 bridgehead atoms. The molecule has 5 aromatic carbocycles. The molecule has 0 unspecified atom stereocenters. The smallest absolute Gasteiger partial charge is 0.164 e. The Kier molecular flexibility index (Phi) is 4.50. The third-order valence-corrected chi connectivity index (χ3v) is 6.85. The summed E-state index contributed by atoms with van der Waals surface area (Å²) < 4.78 is 41.7. The van der Waals surface area contributed by atoms with E-state index < -0.39 is 30.2 Å². The van der Waals surface area contributed by atoms with Gasteiger partial charge in [0.15, 0.2) is 17.5 Å². The van der Waals surface area contributed by atoms with E-state index in [2.05, 4.69) is 9.97 Å². The maximum Gasteiger partial charge on any atom is 0.164 e. The van der Waals surface area contributed by atoms with Gasteiger partial charge in [0.25, 0.3) is 0 Å². The second kappa shape index (κ2) is 9.64. The third kappa shape index (κ3) is 4.20. The van der Waals surface area contributed by atoms with Crippen LogP contribution in [-0.2, 0) is 0 Å². The van der Waals surface area contributed by atoms with Gasteiger partial charge in [0.05, 0.1) is 18.3 Å². The molecule has 1 heterocycles. The van der Waals surface area contributed by atoms with Crippen LogP contribution in [0, 0.1) is 10.8 Å². The molecule has 188 valence electrons. The predicted octanol–water partition coefficient (Wildman–Crippen LogP) is 8.11. The molecule has 0 saturated heterocycles. The average Bonchev–Trinajstić information content (AvgIpc) is 3.08. The van der Waals surface area contributed by atoms with E-state index in [0.29, 0.717) is 16.7 Å². The van der Waals surface area contributed by atoms with Crippen molar-refractivity contribution >= 4 is 28.3 Å². The van der Waals surface area contributed by atoms with Crippen molar-refractivity contribution < 1.29 is 6.85 Å². The Morgan fingerprint density at radius 2 is 1.20 bits per heavy atom. The van der Waals surface area contributed by atoms with Gasteiger partial charge in [-0.15, -0.1) is 0 Å². The first-order valence-electron chi connectivity index (χ1n) is 15.1. The molecular weight excluding hydrogens is 490 g/mol. The number of hydrogen-bond acceptors (Lipinski definition) is 5. The molecule has 2 N–H and O–H groups in total. The molecule has 1 aliphatic rings. The third-order valence-electron chi connectivity index (χ3n) is 6.85. The zero-order valence-corrected chi connectivity index (χ0v) is 21.1. The van der Waals surface area contributed by atoms with Gasteiger partial charge in [-0.3, -0.25) is 10.8 Å². The molecule has 0 spiro atoms. The van der Waals surface area contributed by atoms with Crippen LogP contribution >= 0.6 is 0 Å². The summed E-state index contributed by atoms with van der Waals surface area (Å²) in [5.41, 5.74) is 4.75. The molecular formula is C35H23N5. The highest BCUT2D eigenvalue weighted by molar-refractivity contribution is 6.53. The monoisotopic (exact) mass is 518 g/mol. The summed E-state index contributed by atoms with van der Waals surface area (Å²) in [6.07, 6.45) is 3.42. The number of nitrogens with zero attached hydrogens (tertiary/aromatic N) is 3. The van der Waals surface area contributed by atoms with Crippen LogP contribution in [-0.4, -0.2) is 26.4 Å². The van der Waals surface area contributed by atoms with E-state index in [4.69, 9.17) is 22.7 Å². The van der Waals surface area contributed by atoms with E-state index in [0.717, 1.165) is 27.5 Å². The lowest BCUT2D eigenvalue weighted by atomic mass is 9.89. The van der Waals surface area contributed by atoms with E-state index in [9.17, 15) is 0 Å². The van der Waals surface area contributed by atoms with Gasteiger partial charge in [0.2, 0.25) is 0 Å². The van der Waals surface area contributed by atoms with E-state index in [-0.39, 0.29) is 34.5 Å². The minimum absolute atomic E-state index is 0.0512. The first-order chi connectivity index (χ1) is 21.7. The van der Waals surface area contributed by atoms with Crippen molar-refractivity contribution in [3.63, 3.8) is 0 Å². The fourth-order valence-corrected chi connectivity index (χ4v) is 4.86. The Hall–Kier alpha value is -5.55. The maximum atomic E-state index is 8.61. The standard InChI is InChI=1S/C35H23N5/c36-30-19-18-24-16-14-23-15-17-28(21-29(23)31(24)32(30)37)35-39-33(25-10-5-2-6-11-25)38-34(40-35)27-13-7-12-26(20-27)22-8-3-1-4-9-22/h1-21,36-37H/i2D,5D,6D,10D,11D. The molecule has 0 atom stereocenters. The zero-order chi connectivity index (χ0) is 31.4. The first-order valence-corrected chi connectivity index (χ1v) is 12.6. The fourth-order valence-electron chi connectivity index (χ4n) is 4.86. The lowest BCUT2D eigenvalue weighted by molar-refractivity contribution is 1.07. The van der Waals surface area contributed by atoms with Crippen LogP contribution in [0.25, 0.3) is 62.1 Å². The minimum atomic E-state index is -0.500. The highest BCUT2D eigenvalue weighted by Gasteiger charge is 2.19. The summed E-state index contributed by atoms with van der Waals surface area (Å²) in [7, 11) is 0. The Balaban J connectivity index is 1.48. The fraction of sp³-hybridized carbons (Fsp3) is 0. The molecule has 5 heteroatoms. The Bertz CT molecular complexity index is 2240. The lowest BCUT2D eigenvalue weighted by Crippen LogP contribution is -2.16. The van der Waals surface area contributed by atoms with E-state index >= 15 is 0 Å². The van der Waals surface area contributed by atoms with Gasteiger partial charge in [0, 0.05) is 22.3 Å². The van der Waals surface area contributed by atoms with Crippen molar-refractivity contribution in [3.8, 4) is 45.3 Å². The molecule has 1 aliphatic carbocycles. The molecule has 0 saturated carbocycles. The molecule has 0 aliphatic heterocycles.